The molecular weight excluding hydrogens is 392 g/mol. The van der Waals surface area contributed by atoms with E-state index in [1.807, 2.05) is 18.2 Å². The van der Waals surface area contributed by atoms with Crippen LogP contribution in [0.15, 0.2) is 35.7 Å². The molecule has 1 aromatic heterocycles. The largest absolute Gasteiger partial charge is 0.481 e. The number of aliphatic carboxylic acids is 1. The summed E-state index contributed by atoms with van der Waals surface area (Å²) in [5.41, 5.74) is 1.62. The lowest BCUT2D eigenvalue weighted by Gasteiger charge is -2.36. The number of hydrogen-bond donors (Lipinski definition) is 1. The van der Waals surface area contributed by atoms with Gasteiger partial charge in [-0.25, -0.2) is 9.88 Å². The zero-order valence-corrected chi connectivity index (χ0v) is 16.7. The van der Waals surface area contributed by atoms with Crippen LogP contribution in [0, 0.1) is 0 Å². The summed E-state index contributed by atoms with van der Waals surface area (Å²) in [4.78, 5) is 46.0. The molecular formula is C20H22N4O4S. The normalized spacial score (nSPS) is 21.1. The molecule has 1 N–H and O–H groups in total. The predicted molar refractivity (Wildman–Crippen MR) is 108 cm³/mol. The third-order valence-corrected chi connectivity index (χ3v) is 6.16. The molecule has 4 rings (SSSR count). The van der Waals surface area contributed by atoms with Crippen LogP contribution in [0.1, 0.15) is 17.7 Å². The lowest BCUT2D eigenvalue weighted by atomic mass is 10.1. The number of carboxylic acids is 1. The van der Waals surface area contributed by atoms with Gasteiger partial charge in [-0.1, -0.05) is 30.3 Å². The molecule has 2 fully saturated rings. The van der Waals surface area contributed by atoms with E-state index < -0.39 is 12.0 Å². The molecule has 2 aliphatic rings. The van der Waals surface area contributed by atoms with E-state index >= 15 is 0 Å². The number of carboxylic acid groups (broad SMARTS) is 1. The minimum Gasteiger partial charge on any atom is -0.481 e. The second-order valence-corrected chi connectivity index (χ2v) is 8.11. The number of carbonyl (C=O) groups excluding carboxylic acids is 2. The van der Waals surface area contributed by atoms with E-state index in [0.717, 1.165) is 49.0 Å². The van der Waals surface area contributed by atoms with Crippen LogP contribution in [0.5, 0.6) is 0 Å². The van der Waals surface area contributed by atoms with E-state index in [-0.39, 0.29) is 29.8 Å². The van der Waals surface area contributed by atoms with Crippen LogP contribution >= 0.6 is 11.3 Å². The fraction of sp³-hybridized carbons (Fsp3) is 0.400. The molecule has 0 saturated carbocycles. The van der Waals surface area contributed by atoms with Crippen LogP contribution in [0.2, 0.25) is 0 Å². The molecule has 1 aromatic carbocycles. The molecule has 0 radical (unpaired) electrons. The monoisotopic (exact) mass is 414 g/mol. The van der Waals surface area contributed by atoms with Gasteiger partial charge in [0.2, 0.25) is 5.91 Å². The Bertz CT molecular complexity index is 908. The quantitative estimate of drug-likeness (QED) is 0.711. The van der Waals surface area contributed by atoms with Crippen molar-refractivity contribution in [1.82, 2.24) is 14.8 Å². The minimum atomic E-state index is -0.993. The molecule has 1 atom stereocenters. The Morgan fingerprint density at radius 3 is 2.55 bits per heavy atom. The molecule has 2 aromatic rings. The fourth-order valence-electron chi connectivity index (χ4n) is 3.81. The van der Waals surface area contributed by atoms with Crippen molar-refractivity contribution in [3.63, 3.8) is 0 Å². The van der Waals surface area contributed by atoms with E-state index in [0.29, 0.717) is 5.69 Å². The molecule has 0 aliphatic carbocycles. The predicted octanol–water partition coefficient (Wildman–Crippen LogP) is 1.22. The molecule has 2 aliphatic heterocycles. The third kappa shape index (κ3) is 4.36. The maximum absolute atomic E-state index is 12.9. The van der Waals surface area contributed by atoms with Crippen molar-refractivity contribution < 1.29 is 19.5 Å². The number of thiazole rings is 1. The summed E-state index contributed by atoms with van der Waals surface area (Å²) < 4.78 is 0. The summed E-state index contributed by atoms with van der Waals surface area (Å²) in [6.45, 7) is 4.02. The molecule has 0 bridgehead atoms. The van der Waals surface area contributed by atoms with Crippen LogP contribution in [0.4, 0.5) is 5.13 Å². The lowest BCUT2D eigenvalue weighted by molar-refractivity contribution is -0.136. The number of nitrogens with zero attached hydrogens (tertiary/aromatic N) is 4. The average Bonchev–Trinajstić information content (AvgIpc) is 3.26. The average molecular weight is 414 g/mol. The Hall–Kier alpha value is -2.62. The van der Waals surface area contributed by atoms with Gasteiger partial charge in [-0.05, 0) is 5.56 Å². The highest BCUT2D eigenvalue weighted by Crippen LogP contribution is 2.29. The van der Waals surface area contributed by atoms with Gasteiger partial charge < -0.3 is 5.11 Å². The zero-order chi connectivity index (χ0) is 20.4. The van der Waals surface area contributed by atoms with Crippen molar-refractivity contribution in [3.8, 4) is 0 Å². The molecule has 29 heavy (non-hydrogen) atoms. The van der Waals surface area contributed by atoms with E-state index in [1.54, 1.807) is 5.38 Å². The third-order valence-electron chi connectivity index (χ3n) is 5.28. The van der Waals surface area contributed by atoms with Crippen molar-refractivity contribution >= 4 is 34.3 Å². The highest BCUT2D eigenvalue weighted by molar-refractivity contribution is 7.14. The lowest BCUT2D eigenvalue weighted by Crippen LogP contribution is -2.52. The SMILES string of the molecule is O=C(O)Cc1csc(N2C(=O)CC(N3CCN(Cc4ccccc4)CC3)C2=O)n1. The van der Waals surface area contributed by atoms with Crippen molar-refractivity contribution in [2.75, 3.05) is 31.1 Å². The number of piperazine rings is 1. The highest BCUT2D eigenvalue weighted by atomic mass is 32.1. The summed E-state index contributed by atoms with van der Waals surface area (Å²) in [6.07, 6.45) is -0.0785. The first kappa shape index (κ1) is 19.7. The molecule has 2 saturated heterocycles. The summed E-state index contributed by atoms with van der Waals surface area (Å²) in [5.74, 6) is -1.53. The van der Waals surface area contributed by atoms with Gasteiger partial charge in [0, 0.05) is 38.1 Å². The molecule has 2 amide bonds. The highest BCUT2D eigenvalue weighted by Gasteiger charge is 2.44. The topological polar surface area (TPSA) is 94.0 Å². The number of benzene rings is 1. The van der Waals surface area contributed by atoms with E-state index in [2.05, 4.69) is 26.9 Å². The smallest absolute Gasteiger partial charge is 0.309 e. The molecule has 8 nitrogen and oxygen atoms in total. The number of anilines is 1. The minimum absolute atomic E-state index is 0.144. The van der Waals surface area contributed by atoms with Gasteiger partial charge in [-0.2, -0.15) is 0 Å². The first-order chi connectivity index (χ1) is 14.0. The first-order valence-electron chi connectivity index (χ1n) is 9.54. The molecule has 9 heteroatoms. The number of carbonyl (C=O) groups is 3. The second-order valence-electron chi connectivity index (χ2n) is 7.28. The maximum Gasteiger partial charge on any atom is 0.309 e. The van der Waals surface area contributed by atoms with Gasteiger partial charge in [0.1, 0.15) is 0 Å². The molecule has 1 unspecified atom stereocenters. The number of amides is 2. The Balaban J connectivity index is 1.37. The fourth-order valence-corrected chi connectivity index (χ4v) is 4.66. The number of hydrogen-bond acceptors (Lipinski definition) is 7. The molecule has 152 valence electrons. The van der Waals surface area contributed by atoms with Crippen molar-refractivity contribution in [2.45, 2.75) is 25.4 Å². The van der Waals surface area contributed by atoms with Gasteiger partial charge >= 0.3 is 5.97 Å². The van der Waals surface area contributed by atoms with Crippen molar-refractivity contribution in [3.05, 3.63) is 47.0 Å². The van der Waals surface area contributed by atoms with Gasteiger partial charge in [0.05, 0.1) is 24.6 Å². The van der Waals surface area contributed by atoms with E-state index in [4.69, 9.17) is 5.11 Å². The van der Waals surface area contributed by atoms with Gasteiger partial charge in [0.25, 0.3) is 5.91 Å². The van der Waals surface area contributed by atoms with Crippen LogP contribution < -0.4 is 4.90 Å². The van der Waals surface area contributed by atoms with E-state index in [9.17, 15) is 14.4 Å². The Morgan fingerprint density at radius 1 is 1.14 bits per heavy atom. The second kappa shape index (κ2) is 8.40. The number of imide groups is 1. The standard InChI is InChI=1S/C20H22N4O4S/c25-17-11-16(19(28)24(17)20-21-15(13-29-20)10-18(26)27)23-8-6-22(7-9-23)12-14-4-2-1-3-5-14/h1-5,13,16H,6-12H2,(H,26,27). The summed E-state index contributed by atoms with van der Waals surface area (Å²) in [7, 11) is 0. The summed E-state index contributed by atoms with van der Waals surface area (Å²) >= 11 is 1.13. The van der Waals surface area contributed by atoms with Gasteiger partial charge in [-0.3, -0.25) is 24.2 Å². The Morgan fingerprint density at radius 2 is 1.86 bits per heavy atom. The Kier molecular flexibility index (Phi) is 5.70. The van der Waals surface area contributed by atoms with Gasteiger partial charge in [0.15, 0.2) is 5.13 Å². The molecule has 0 spiro atoms. The van der Waals surface area contributed by atoms with Crippen molar-refractivity contribution in [2.24, 2.45) is 0 Å². The zero-order valence-electron chi connectivity index (χ0n) is 15.9. The van der Waals surface area contributed by atoms with Crippen molar-refractivity contribution in [1.29, 1.82) is 0 Å². The molecule has 3 heterocycles. The number of rotatable bonds is 6. The van der Waals surface area contributed by atoms with Crippen LogP contribution in [0.25, 0.3) is 0 Å². The van der Waals surface area contributed by atoms with Crippen LogP contribution in [-0.4, -0.2) is 69.9 Å². The van der Waals surface area contributed by atoms with Crippen LogP contribution in [-0.2, 0) is 27.3 Å². The maximum atomic E-state index is 12.9. The first-order valence-corrected chi connectivity index (χ1v) is 10.4. The number of aromatic nitrogens is 1. The van der Waals surface area contributed by atoms with Gasteiger partial charge in [-0.15, -0.1) is 11.3 Å². The van der Waals surface area contributed by atoms with E-state index in [1.165, 1.54) is 5.56 Å². The van der Waals surface area contributed by atoms with Crippen LogP contribution in [0.3, 0.4) is 0 Å². The summed E-state index contributed by atoms with van der Waals surface area (Å²) in [6, 6.07) is 9.82. The summed E-state index contributed by atoms with van der Waals surface area (Å²) in [5, 5.41) is 10.7. The Labute approximate surface area is 172 Å².